The number of rotatable bonds is 3. The fourth-order valence-corrected chi connectivity index (χ4v) is 1.76. The van der Waals surface area contributed by atoms with Crippen LogP contribution in [0.4, 0.5) is 0 Å². The first-order chi connectivity index (χ1) is 6.57. The molecule has 1 heterocycles. The molecule has 0 saturated carbocycles. The molecular weight excluding hydrogens is 183 g/mol. The summed E-state index contributed by atoms with van der Waals surface area (Å²) in [5.74, 6) is -0.650. The quantitative estimate of drug-likeness (QED) is 0.495. The van der Waals surface area contributed by atoms with Crippen LogP contribution >= 0.6 is 0 Å². The smallest absolute Gasteiger partial charge is 0.426 e. The molecule has 2 atom stereocenters. The predicted molar refractivity (Wildman–Crippen MR) is 53.2 cm³/mol. The van der Waals surface area contributed by atoms with Gasteiger partial charge in [-0.15, -0.1) is 0 Å². The Morgan fingerprint density at radius 2 is 2.36 bits per heavy atom. The zero-order chi connectivity index (χ0) is 10.7. The molecule has 80 valence electrons. The Kier molecular flexibility index (Phi) is 3.91. The summed E-state index contributed by atoms with van der Waals surface area (Å²) in [6, 6.07) is -0.519. The van der Waals surface area contributed by atoms with Crippen molar-refractivity contribution in [1.29, 1.82) is 0 Å². The minimum atomic E-state index is -1.45. The third kappa shape index (κ3) is 2.26. The lowest BCUT2D eigenvalue weighted by Crippen LogP contribution is -2.51. The molecule has 0 radical (unpaired) electrons. The van der Waals surface area contributed by atoms with Crippen LogP contribution in [0.2, 0.25) is 0 Å². The monoisotopic (exact) mass is 200 g/mol. The highest BCUT2D eigenvalue weighted by Crippen LogP contribution is 2.19. The van der Waals surface area contributed by atoms with Crippen molar-refractivity contribution in [2.24, 2.45) is 5.73 Å². The highest BCUT2D eigenvalue weighted by molar-refractivity contribution is 6.43. The van der Waals surface area contributed by atoms with Crippen LogP contribution < -0.4 is 5.73 Å². The molecule has 1 aliphatic heterocycles. The molecule has 0 aromatic rings. The molecule has 1 rings (SSSR count). The van der Waals surface area contributed by atoms with E-state index in [1.807, 2.05) is 6.92 Å². The van der Waals surface area contributed by atoms with Gasteiger partial charge in [0.05, 0.1) is 12.0 Å². The molecule has 1 amide bonds. The molecule has 0 aliphatic carbocycles. The summed E-state index contributed by atoms with van der Waals surface area (Å²) in [7, 11) is -1.45. The number of likely N-dealkylation sites (tertiary alicyclic amines) is 1. The summed E-state index contributed by atoms with van der Waals surface area (Å²) in [6.45, 7) is 2.41. The molecule has 0 spiro atoms. The molecule has 0 aromatic heterocycles. The molecule has 5 nitrogen and oxygen atoms in total. The van der Waals surface area contributed by atoms with Crippen molar-refractivity contribution in [2.45, 2.75) is 38.2 Å². The second kappa shape index (κ2) is 4.77. The van der Waals surface area contributed by atoms with Gasteiger partial charge in [0.2, 0.25) is 5.91 Å². The van der Waals surface area contributed by atoms with Gasteiger partial charge < -0.3 is 20.7 Å². The molecule has 4 N–H and O–H groups in total. The Bertz CT molecular complexity index is 213. The highest BCUT2D eigenvalue weighted by Gasteiger charge is 2.37. The largest absolute Gasteiger partial charge is 0.475 e. The van der Waals surface area contributed by atoms with Crippen LogP contribution in [0.1, 0.15) is 26.2 Å². The van der Waals surface area contributed by atoms with Crippen molar-refractivity contribution in [2.75, 3.05) is 6.54 Å². The van der Waals surface area contributed by atoms with E-state index in [1.54, 1.807) is 0 Å². The summed E-state index contributed by atoms with van der Waals surface area (Å²) in [6.07, 6.45) is 2.02. The van der Waals surface area contributed by atoms with Crippen molar-refractivity contribution in [3.8, 4) is 0 Å². The van der Waals surface area contributed by atoms with Crippen molar-refractivity contribution in [3.63, 3.8) is 0 Å². The maximum absolute atomic E-state index is 11.7. The Hall–Kier alpha value is -0.585. The Morgan fingerprint density at radius 3 is 2.86 bits per heavy atom. The van der Waals surface area contributed by atoms with Crippen LogP contribution in [0.5, 0.6) is 0 Å². The minimum Gasteiger partial charge on any atom is -0.426 e. The van der Waals surface area contributed by atoms with Gasteiger partial charge in [0.25, 0.3) is 0 Å². The summed E-state index contributed by atoms with van der Waals surface area (Å²) in [4.78, 5) is 13.2. The molecule has 14 heavy (non-hydrogen) atoms. The molecule has 6 heteroatoms. The van der Waals surface area contributed by atoms with Gasteiger partial charge in [-0.05, 0) is 19.3 Å². The first-order valence-electron chi connectivity index (χ1n) is 5.00. The van der Waals surface area contributed by atoms with E-state index < -0.39 is 19.1 Å². The van der Waals surface area contributed by atoms with Crippen molar-refractivity contribution in [3.05, 3.63) is 0 Å². The zero-order valence-electron chi connectivity index (χ0n) is 8.39. The number of carbonyl (C=O) groups excluding carboxylic acids is 1. The molecule has 0 bridgehead atoms. The lowest BCUT2D eigenvalue weighted by molar-refractivity contribution is -0.132. The Labute approximate surface area is 84.0 Å². The van der Waals surface area contributed by atoms with E-state index in [0.717, 1.165) is 6.42 Å². The van der Waals surface area contributed by atoms with Gasteiger partial charge in [0, 0.05) is 6.54 Å². The van der Waals surface area contributed by atoms with Gasteiger partial charge in [-0.1, -0.05) is 6.92 Å². The summed E-state index contributed by atoms with van der Waals surface area (Å²) in [5.41, 5.74) is 5.60. The van der Waals surface area contributed by atoms with Gasteiger partial charge in [0.1, 0.15) is 0 Å². The third-order valence-electron chi connectivity index (χ3n) is 2.68. The predicted octanol–water partition coefficient (Wildman–Crippen LogP) is -1.27. The summed E-state index contributed by atoms with van der Waals surface area (Å²) < 4.78 is 0. The van der Waals surface area contributed by atoms with Gasteiger partial charge >= 0.3 is 7.12 Å². The first-order valence-corrected chi connectivity index (χ1v) is 5.00. The lowest BCUT2D eigenvalue weighted by atomic mass is 9.77. The number of carbonyl (C=O) groups is 1. The van der Waals surface area contributed by atoms with Crippen LogP contribution in [0.3, 0.4) is 0 Å². The van der Waals surface area contributed by atoms with Crippen molar-refractivity contribution >= 4 is 13.0 Å². The average molecular weight is 200 g/mol. The molecular formula is C8H17BN2O3. The maximum Gasteiger partial charge on any atom is 0.475 e. The molecule has 0 aromatic carbocycles. The molecule has 1 saturated heterocycles. The standard InChI is InChI=1S/C8H17BN2O3/c1-2-6(10)8(12)11-5-3-4-7(11)9(13)14/h6-7,13-14H,2-5,10H2,1H3/t6?,7-/m0/s1. The minimum absolute atomic E-state index is 0.178. The highest BCUT2D eigenvalue weighted by atomic mass is 16.4. The van der Waals surface area contributed by atoms with E-state index in [2.05, 4.69) is 0 Å². The van der Waals surface area contributed by atoms with Gasteiger partial charge in [-0.3, -0.25) is 4.79 Å². The lowest BCUT2D eigenvalue weighted by Gasteiger charge is -2.26. The van der Waals surface area contributed by atoms with Gasteiger partial charge in [0.15, 0.2) is 0 Å². The molecule has 1 unspecified atom stereocenters. The SMILES string of the molecule is CCC(N)C(=O)N1CCC[C@H]1B(O)O. The fraction of sp³-hybridized carbons (Fsp3) is 0.875. The van der Waals surface area contributed by atoms with E-state index in [4.69, 9.17) is 15.8 Å². The zero-order valence-corrected chi connectivity index (χ0v) is 8.39. The van der Waals surface area contributed by atoms with Crippen LogP contribution in [0, 0.1) is 0 Å². The molecule has 1 fully saturated rings. The topological polar surface area (TPSA) is 86.8 Å². The first kappa shape index (κ1) is 11.5. The van der Waals surface area contributed by atoms with E-state index in [0.29, 0.717) is 19.4 Å². The Balaban J connectivity index is 2.62. The van der Waals surface area contributed by atoms with Gasteiger partial charge in [-0.25, -0.2) is 0 Å². The van der Waals surface area contributed by atoms with Crippen molar-refractivity contribution in [1.82, 2.24) is 4.90 Å². The third-order valence-corrected chi connectivity index (χ3v) is 2.68. The summed E-state index contributed by atoms with van der Waals surface area (Å²) in [5, 5.41) is 18.1. The number of nitrogens with zero attached hydrogens (tertiary/aromatic N) is 1. The molecule has 1 aliphatic rings. The van der Waals surface area contributed by atoms with E-state index in [9.17, 15) is 4.79 Å². The van der Waals surface area contributed by atoms with Crippen LogP contribution in [0.15, 0.2) is 0 Å². The average Bonchev–Trinajstić information content (AvgIpc) is 2.63. The van der Waals surface area contributed by atoms with Gasteiger partial charge in [-0.2, -0.15) is 0 Å². The van der Waals surface area contributed by atoms with E-state index in [-0.39, 0.29) is 5.91 Å². The number of hydrogen-bond donors (Lipinski definition) is 3. The number of amides is 1. The second-order valence-corrected chi connectivity index (χ2v) is 3.67. The van der Waals surface area contributed by atoms with E-state index >= 15 is 0 Å². The van der Waals surface area contributed by atoms with Crippen molar-refractivity contribution < 1.29 is 14.8 Å². The number of nitrogens with two attached hydrogens (primary N) is 1. The number of hydrogen-bond acceptors (Lipinski definition) is 4. The van der Waals surface area contributed by atoms with Crippen LogP contribution in [0.25, 0.3) is 0 Å². The second-order valence-electron chi connectivity index (χ2n) is 3.67. The fourth-order valence-electron chi connectivity index (χ4n) is 1.76. The normalized spacial score (nSPS) is 23.7. The Morgan fingerprint density at radius 1 is 1.71 bits per heavy atom. The maximum atomic E-state index is 11.7. The van der Waals surface area contributed by atoms with Crippen LogP contribution in [-0.4, -0.2) is 46.5 Å². The van der Waals surface area contributed by atoms with E-state index in [1.165, 1.54) is 4.90 Å². The summed E-state index contributed by atoms with van der Waals surface area (Å²) >= 11 is 0. The van der Waals surface area contributed by atoms with Crippen LogP contribution in [-0.2, 0) is 4.79 Å².